The summed E-state index contributed by atoms with van der Waals surface area (Å²) in [5.41, 5.74) is -1.71. The van der Waals surface area contributed by atoms with Crippen LogP contribution in [0.4, 0.5) is 0 Å². The van der Waals surface area contributed by atoms with Crippen molar-refractivity contribution < 1.29 is 60.7 Å². The zero-order valence-electron chi connectivity index (χ0n) is 16.1. The van der Waals surface area contributed by atoms with Crippen molar-refractivity contribution in [1.82, 2.24) is 9.55 Å². The summed E-state index contributed by atoms with van der Waals surface area (Å²) in [6.45, 7) is -0.687. The van der Waals surface area contributed by atoms with Gasteiger partial charge in [-0.25, -0.2) is 18.5 Å². The summed E-state index contributed by atoms with van der Waals surface area (Å²) in [6.07, 6.45) is -0.841. The lowest BCUT2D eigenvalue weighted by Crippen LogP contribution is -2.35. The largest absolute Gasteiger partial charge is 0.490 e. The standard InChI is InChI=1S/C12H19N2O15P3/c1-25-10(15)4-7-5-14(12(17)13-11(7)16)9-3-2-8(27-9)6-26-31(21,22)29-32(23,24)28-30(18,19)20/h5,8-9H,2-4,6H2,1H3,(H,21,22)(H,23,24)(H,13,16,17)(H2,18,19,20)/t8-,9+/m0/s1. The summed E-state index contributed by atoms with van der Waals surface area (Å²) >= 11 is 0. The Bertz CT molecular complexity index is 1110. The van der Waals surface area contributed by atoms with Crippen LogP contribution in [0.15, 0.2) is 15.8 Å². The van der Waals surface area contributed by atoms with Crippen molar-refractivity contribution in [3.63, 3.8) is 0 Å². The van der Waals surface area contributed by atoms with E-state index in [0.717, 1.165) is 17.9 Å². The van der Waals surface area contributed by atoms with Gasteiger partial charge < -0.3 is 29.0 Å². The van der Waals surface area contributed by atoms with E-state index in [1.807, 2.05) is 4.98 Å². The van der Waals surface area contributed by atoms with Crippen LogP contribution in [0.2, 0.25) is 0 Å². The van der Waals surface area contributed by atoms with Gasteiger partial charge in [0.15, 0.2) is 0 Å². The van der Waals surface area contributed by atoms with E-state index in [1.165, 1.54) is 0 Å². The van der Waals surface area contributed by atoms with Gasteiger partial charge in [0.2, 0.25) is 0 Å². The van der Waals surface area contributed by atoms with Crippen molar-refractivity contribution in [2.45, 2.75) is 31.6 Å². The number of carbonyl (C=O) groups is 1. The Morgan fingerprint density at radius 3 is 2.41 bits per heavy atom. The molecule has 1 aliphatic heterocycles. The first-order chi connectivity index (χ1) is 14.6. The Morgan fingerprint density at radius 2 is 1.81 bits per heavy atom. The monoisotopic (exact) mass is 524 g/mol. The van der Waals surface area contributed by atoms with Gasteiger partial charge in [0.05, 0.1) is 26.2 Å². The van der Waals surface area contributed by atoms with Gasteiger partial charge in [-0.15, -0.1) is 0 Å². The molecule has 0 aromatic carbocycles. The first-order valence-corrected chi connectivity index (χ1v) is 13.0. The van der Waals surface area contributed by atoms with E-state index < -0.39 is 66.0 Å². The summed E-state index contributed by atoms with van der Waals surface area (Å²) in [6, 6.07) is 0. The fourth-order valence-electron chi connectivity index (χ4n) is 2.59. The maximum Gasteiger partial charge on any atom is 0.490 e. The highest BCUT2D eigenvalue weighted by Gasteiger charge is 2.41. The molecule has 1 fully saturated rings. The Balaban J connectivity index is 2.02. The van der Waals surface area contributed by atoms with Gasteiger partial charge in [0.1, 0.15) is 6.23 Å². The van der Waals surface area contributed by atoms with Gasteiger partial charge in [-0.2, -0.15) is 8.62 Å². The minimum absolute atomic E-state index is 0.0724. The van der Waals surface area contributed by atoms with Crippen LogP contribution < -0.4 is 11.2 Å². The molecular formula is C12H19N2O15P3. The maximum absolute atomic E-state index is 12.1. The minimum Gasteiger partial charge on any atom is -0.469 e. The first-order valence-electron chi connectivity index (χ1n) is 8.46. The average molecular weight is 524 g/mol. The molecule has 0 amide bonds. The molecule has 0 aliphatic carbocycles. The molecule has 2 unspecified atom stereocenters. The smallest absolute Gasteiger partial charge is 0.469 e. The number of aromatic amines is 1. The third-order valence-corrected chi connectivity index (χ3v) is 7.64. The second kappa shape index (κ2) is 10.2. The van der Waals surface area contributed by atoms with Crippen molar-refractivity contribution in [1.29, 1.82) is 0 Å². The number of H-pyrrole nitrogens is 1. The summed E-state index contributed by atoms with van der Waals surface area (Å²) in [7, 11) is -15.4. The number of esters is 1. The second-order valence-corrected chi connectivity index (χ2v) is 10.7. The van der Waals surface area contributed by atoms with E-state index in [-0.39, 0.29) is 18.4 Å². The molecule has 1 aromatic heterocycles. The van der Waals surface area contributed by atoms with Crippen molar-refractivity contribution in [2.75, 3.05) is 13.7 Å². The summed E-state index contributed by atoms with van der Waals surface area (Å²) < 4.78 is 56.2. The maximum atomic E-state index is 12.1. The number of nitrogens with zero attached hydrogens (tertiary/aromatic N) is 1. The molecule has 2 heterocycles. The molecule has 0 saturated carbocycles. The van der Waals surface area contributed by atoms with Crippen molar-refractivity contribution >= 4 is 29.4 Å². The molecule has 20 heteroatoms. The highest BCUT2D eigenvalue weighted by molar-refractivity contribution is 7.66. The second-order valence-electron chi connectivity index (χ2n) is 6.25. The van der Waals surface area contributed by atoms with Gasteiger partial charge in [-0.05, 0) is 12.8 Å². The SMILES string of the molecule is COC(=O)Cc1cn([C@H]2CC[C@@H](COP(=O)(O)OP(=O)(O)OP(=O)(O)O)O2)c(=O)[nH]c1=O. The van der Waals surface area contributed by atoms with Gasteiger partial charge in [-0.3, -0.25) is 23.7 Å². The van der Waals surface area contributed by atoms with Crippen LogP contribution in [-0.2, 0) is 47.5 Å². The van der Waals surface area contributed by atoms with E-state index in [1.54, 1.807) is 0 Å². The number of carbonyl (C=O) groups excluding carboxylic acids is 1. The molecule has 0 radical (unpaired) electrons. The Hall–Kier alpha value is -1.48. The van der Waals surface area contributed by atoms with Crippen LogP contribution >= 0.6 is 23.5 Å². The lowest BCUT2D eigenvalue weighted by atomic mass is 10.2. The lowest BCUT2D eigenvalue weighted by Gasteiger charge is -2.19. The number of methoxy groups -OCH3 is 1. The normalized spacial score (nSPS) is 22.8. The molecule has 1 saturated heterocycles. The van der Waals surface area contributed by atoms with Crippen molar-refractivity contribution in [2.24, 2.45) is 0 Å². The number of phosphoric acid groups is 3. The number of nitrogens with one attached hydrogen (secondary N) is 1. The van der Waals surface area contributed by atoms with Crippen molar-refractivity contribution in [3.05, 3.63) is 32.6 Å². The molecule has 4 atom stereocenters. The fourth-order valence-corrected chi connectivity index (χ4v) is 5.64. The van der Waals surface area contributed by atoms with E-state index in [0.29, 0.717) is 0 Å². The highest BCUT2D eigenvalue weighted by atomic mass is 31.3. The minimum atomic E-state index is -5.65. The molecule has 0 bridgehead atoms. The van der Waals surface area contributed by atoms with Crippen LogP contribution in [0.25, 0.3) is 0 Å². The molecule has 0 spiro atoms. The molecule has 32 heavy (non-hydrogen) atoms. The number of aromatic nitrogens is 2. The van der Waals surface area contributed by atoms with E-state index in [4.69, 9.17) is 19.4 Å². The van der Waals surface area contributed by atoms with Crippen molar-refractivity contribution in [3.8, 4) is 0 Å². The number of phosphoric ester groups is 1. The molecule has 182 valence electrons. The lowest BCUT2D eigenvalue weighted by molar-refractivity contribution is -0.139. The van der Waals surface area contributed by atoms with Crippen LogP contribution in [0.5, 0.6) is 0 Å². The van der Waals surface area contributed by atoms with E-state index >= 15 is 0 Å². The van der Waals surface area contributed by atoms with Gasteiger partial charge in [0.25, 0.3) is 5.56 Å². The third kappa shape index (κ3) is 8.14. The van der Waals surface area contributed by atoms with Crippen LogP contribution in [0.3, 0.4) is 0 Å². The number of rotatable bonds is 10. The Labute approximate surface area is 178 Å². The zero-order valence-corrected chi connectivity index (χ0v) is 18.8. The van der Waals surface area contributed by atoms with Crippen LogP contribution in [0, 0.1) is 0 Å². The van der Waals surface area contributed by atoms with Gasteiger partial charge in [-0.1, -0.05) is 0 Å². The predicted molar refractivity (Wildman–Crippen MR) is 100 cm³/mol. The van der Waals surface area contributed by atoms with Gasteiger partial charge in [0, 0.05) is 11.8 Å². The number of hydrogen-bond acceptors (Lipinski definition) is 11. The Morgan fingerprint density at radius 1 is 1.16 bits per heavy atom. The Kier molecular flexibility index (Phi) is 8.53. The van der Waals surface area contributed by atoms with Gasteiger partial charge >= 0.3 is 35.1 Å². The molecular weight excluding hydrogens is 505 g/mol. The summed E-state index contributed by atoms with van der Waals surface area (Å²) in [4.78, 5) is 72.8. The fraction of sp³-hybridized carbons (Fsp3) is 0.583. The van der Waals surface area contributed by atoms with Crippen LogP contribution in [0.1, 0.15) is 24.6 Å². The first kappa shape index (κ1) is 26.8. The molecule has 2 rings (SSSR count). The van der Waals surface area contributed by atoms with Crippen LogP contribution in [-0.4, -0.2) is 54.9 Å². The van der Waals surface area contributed by atoms with E-state index in [2.05, 4.69) is 17.9 Å². The molecule has 1 aromatic rings. The van der Waals surface area contributed by atoms with E-state index in [9.17, 15) is 33.0 Å². The highest BCUT2D eigenvalue weighted by Crippen LogP contribution is 2.66. The molecule has 5 N–H and O–H groups in total. The zero-order chi connectivity index (χ0) is 24.3. The molecule has 1 aliphatic rings. The average Bonchev–Trinajstić information content (AvgIpc) is 3.08. The predicted octanol–water partition coefficient (Wildman–Crippen LogP) is -0.727. The summed E-state index contributed by atoms with van der Waals surface area (Å²) in [5.74, 6) is -0.720. The third-order valence-electron chi connectivity index (χ3n) is 3.84. The number of ether oxygens (including phenoxy) is 2. The quantitative estimate of drug-likeness (QED) is 0.187. The molecule has 17 nitrogen and oxygen atoms in total. The summed E-state index contributed by atoms with van der Waals surface area (Å²) in [5, 5.41) is 0. The number of hydrogen-bond donors (Lipinski definition) is 5. The topological polar surface area (TPSA) is 250 Å².